The molecule has 1 aliphatic carbocycles. The number of nitrogens with one attached hydrogen (secondary N) is 1. The van der Waals surface area contributed by atoms with Gasteiger partial charge in [0.1, 0.15) is 19.2 Å². The molecule has 170 valence electrons. The number of likely N-dealkylation sites (N-methyl/N-ethyl adjacent to an activating group) is 1. The van der Waals surface area contributed by atoms with Gasteiger partial charge in [0, 0.05) is 20.8 Å². The van der Waals surface area contributed by atoms with Crippen LogP contribution in [0, 0.1) is 0 Å². The molecule has 0 heterocycles. The van der Waals surface area contributed by atoms with Crippen LogP contribution in [0.1, 0.15) is 18.4 Å². The molecule has 0 unspecified atom stereocenters. The highest BCUT2D eigenvalue weighted by Gasteiger charge is 2.44. The van der Waals surface area contributed by atoms with Crippen molar-refractivity contribution >= 4 is 18.7 Å². The second kappa shape index (κ2) is 16.7. The summed E-state index contributed by atoms with van der Waals surface area (Å²) in [6, 6.07) is 10.1. The lowest BCUT2D eigenvalue weighted by molar-refractivity contribution is -0.110. The van der Waals surface area contributed by atoms with E-state index >= 15 is 0 Å². The maximum atomic E-state index is 11.3. The Bertz CT molecular complexity index is 712. The van der Waals surface area contributed by atoms with Gasteiger partial charge < -0.3 is 24.4 Å². The Labute approximate surface area is 185 Å². The standard InChI is InChI=1S/C12H15NO3.C10H13NO.C2H6O/c1-3-5-10(4-2)8-16-11(15)13-12(9-14)6-7-12;1-11(7-8-12)9-10-5-3-2-4-6-10;1-3-2/h3-5,9H,1-2,6-8H2,(H,13,15);2-6,8H,7,9H2,1H3;1-2H3/b10-5+;;. The number of ether oxygens (including phenoxy) is 2. The van der Waals surface area contributed by atoms with Gasteiger partial charge in [0.15, 0.2) is 0 Å². The van der Waals surface area contributed by atoms with Crippen LogP contribution >= 0.6 is 0 Å². The average Bonchev–Trinajstić information content (AvgIpc) is 3.53. The van der Waals surface area contributed by atoms with Crippen LogP contribution in [0.5, 0.6) is 0 Å². The lowest BCUT2D eigenvalue weighted by Crippen LogP contribution is -2.38. The summed E-state index contributed by atoms with van der Waals surface area (Å²) >= 11 is 0. The highest BCUT2D eigenvalue weighted by molar-refractivity contribution is 5.79. The van der Waals surface area contributed by atoms with E-state index in [0.29, 0.717) is 19.4 Å². The molecule has 1 aliphatic rings. The molecule has 0 aliphatic heterocycles. The SMILES string of the molecule is C=C/C=C(\C=C)COC(=O)NC1(C=O)CC1.CN(CC=O)Cc1ccccc1.COC. The summed E-state index contributed by atoms with van der Waals surface area (Å²) in [5.74, 6) is 0. The molecule has 0 radical (unpaired) electrons. The Morgan fingerprint density at radius 2 is 1.81 bits per heavy atom. The molecule has 1 saturated carbocycles. The first-order chi connectivity index (χ1) is 14.9. The van der Waals surface area contributed by atoms with Gasteiger partial charge in [-0.25, -0.2) is 4.79 Å². The van der Waals surface area contributed by atoms with Crippen molar-refractivity contribution in [3.05, 3.63) is 72.9 Å². The molecule has 1 aromatic rings. The number of methoxy groups -OCH3 is 1. The maximum Gasteiger partial charge on any atom is 0.408 e. The van der Waals surface area contributed by atoms with Crippen molar-refractivity contribution in [1.29, 1.82) is 0 Å². The van der Waals surface area contributed by atoms with Crippen LogP contribution in [-0.2, 0) is 25.6 Å². The Morgan fingerprint density at radius 1 is 1.19 bits per heavy atom. The topological polar surface area (TPSA) is 84.9 Å². The minimum absolute atomic E-state index is 0.121. The van der Waals surface area contributed by atoms with Gasteiger partial charge in [-0.15, -0.1) is 0 Å². The molecule has 0 aromatic heterocycles. The van der Waals surface area contributed by atoms with E-state index in [2.05, 4.69) is 35.3 Å². The largest absolute Gasteiger partial charge is 0.445 e. The van der Waals surface area contributed by atoms with Gasteiger partial charge in [0.05, 0.1) is 12.1 Å². The molecular formula is C24H34N2O5. The van der Waals surface area contributed by atoms with Crippen LogP contribution in [0.4, 0.5) is 4.79 Å². The molecule has 1 aromatic carbocycles. The molecule has 1 N–H and O–H groups in total. The number of benzene rings is 1. The maximum absolute atomic E-state index is 11.3. The van der Waals surface area contributed by atoms with Gasteiger partial charge >= 0.3 is 6.09 Å². The van der Waals surface area contributed by atoms with E-state index in [1.807, 2.05) is 30.1 Å². The molecule has 0 spiro atoms. The molecule has 0 bridgehead atoms. The van der Waals surface area contributed by atoms with Crippen molar-refractivity contribution in [1.82, 2.24) is 10.2 Å². The van der Waals surface area contributed by atoms with E-state index in [0.717, 1.165) is 24.7 Å². The van der Waals surface area contributed by atoms with E-state index in [1.165, 1.54) is 5.56 Å². The summed E-state index contributed by atoms with van der Waals surface area (Å²) < 4.78 is 9.18. The smallest absolute Gasteiger partial charge is 0.408 e. The highest BCUT2D eigenvalue weighted by Crippen LogP contribution is 2.32. The van der Waals surface area contributed by atoms with Crippen LogP contribution in [0.3, 0.4) is 0 Å². The second-order valence-corrected chi connectivity index (χ2v) is 6.91. The summed E-state index contributed by atoms with van der Waals surface area (Å²) in [4.78, 5) is 34.1. The van der Waals surface area contributed by atoms with Crippen molar-refractivity contribution < 1.29 is 23.9 Å². The first-order valence-electron chi connectivity index (χ1n) is 9.81. The van der Waals surface area contributed by atoms with Crippen LogP contribution < -0.4 is 5.32 Å². The molecule has 0 atom stereocenters. The molecule has 31 heavy (non-hydrogen) atoms. The number of rotatable bonds is 10. The van der Waals surface area contributed by atoms with E-state index in [4.69, 9.17) is 4.74 Å². The van der Waals surface area contributed by atoms with Gasteiger partial charge in [0.2, 0.25) is 0 Å². The Kier molecular flexibility index (Phi) is 15.1. The zero-order chi connectivity index (χ0) is 23.5. The summed E-state index contributed by atoms with van der Waals surface area (Å²) in [6.07, 6.45) is 7.33. The number of aldehydes is 2. The summed E-state index contributed by atoms with van der Waals surface area (Å²) in [5, 5.41) is 2.52. The summed E-state index contributed by atoms with van der Waals surface area (Å²) in [5.41, 5.74) is 1.32. The summed E-state index contributed by atoms with van der Waals surface area (Å²) in [6.45, 7) is 8.56. The lowest BCUT2D eigenvalue weighted by Gasteiger charge is -2.12. The van der Waals surface area contributed by atoms with Crippen molar-refractivity contribution in [2.24, 2.45) is 0 Å². The number of hydrogen-bond donors (Lipinski definition) is 1. The van der Waals surface area contributed by atoms with Crippen molar-refractivity contribution in [2.45, 2.75) is 24.9 Å². The zero-order valence-electron chi connectivity index (χ0n) is 18.7. The monoisotopic (exact) mass is 430 g/mol. The highest BCUT2D eigenvalue weighted by atomic mass is 16.5. The van der Waals surface area contributed by atoms with Crippen molar-refractivity contribution in [3.8, 4) is 0 Å². The Hall–Kier alpha value is -3.03. The average molecular weight is 431 g/mol. The van der Waals surface area contributed by atoms with Gasteiger partial charge in [-0.3, -0.25) is 4.90 Å². The fraction of sp³-hybridized carbons (Fsp3) is 0.375. The predicted octanol–water partition coefficient (Wildman–Crippen LogP) is 3.32. The van der Waals surface area contributed by atoms with Crippen LogP contribution in [-0.4, -0.2) is 63.5 Å². The first kappa shape index (κ1) is 28.0. The minimum atomic E-state index is -0.673. The third kappa shape index (κ3) is 13.8. The third-order valence-corrected chi connectivity index (χ3v) is 4.01. The summed E-state index contributed by atoms with van der Waals surface area (Å²) in [7, 11) is 5.18. The number of hydrogen-bond acceptors (Lipinski definition) is 6. The van der Waals surface area contributed by atoms with Gasteiger partial charge in [-0.2, -0.15) is 0 Å². The normalized spacial score (nSPS) is 13.4. The Balaban J connectivity index is 0.000000531. The van der Waals surface area contributed by atoms with Crippen molar-refractivity contribution in [3.63, 3.8) is 0 Å². The third-order valence-electron chi connectivity index (χ3n) is 4.01. The van der Waals surface area contributed by atoms with Crippen LogP contribution in [0.2, 0.25) is 0 Å². The number of amides is 1. The molecule has 1 amide bonds. The fourth-order valence-corrected chi connectivity index (χ4v) is 2.21. The second-order valence-electron chi connectivity index (χ2n) is 6.91. The number of allylic oxidation sites excluding steroid dienone is 2. The number of alkyl carbamates (subject to hydrolysis) is 1. The number of carbonyl (C=O) groups excluding carboxylic acids is 3. The molecule has 0 saturated heterocycles. The van der Waals surface area contributed by atoms with Gasteiger partial charge in [-0.1, -0.05) is 61.7 Å². The van der Waals surface area contributed by atoms with E-state index < -0.39 is 11.6 Å². The van der Waals surface area contributed by atoms with Crippen molar-refractivity contribution in [2.75, 3.05) is 34.4 Å². The van der Waals surface area contributed by atoms with E-state index in [-0.39, 0.29) is 6.61 Å². The molecule has 7 nitrogen and oxygen atoms in total. The quantitative estimate of drug-likeness (QED) is 0.453. The molecule has 7 heteroatoms. The molecule has 2 rings (SSSR count). The Morgan fingerprint density at radius 3 is 2.26 bits per heavy atom. The zero-order valence-corrected chi connectivity index (χ0v) is 18.7. The fourth-order valence-electron chi connectivity index (χ4n) is 2.21. The van der Waals surface area contributed by atoms with Gasteiger partial charge in [-0.05, 0) is 31.0 Å². The lowest BCUT2D eigenvalue weighted by atomic mass is 10.2. The minimum Gasteiger partial charge on any atom is -0.445 e. The van der Waals surface area contributed by atoms with Crippen LogP contribution in [0.25, 0.3) is 0 Å². The van der Waals surface area contributed by atoms with Gasteiger partial charge in [0.25, 0.3) is 0 Å². The predicted molar refractivity (Wildman–Crippen MR) is 123 cm³/mol. The molecule has 1 fully saturated rings. The number of carbonyl (C=O) groups is 3. The van der Waals surface area contributed by atoms with E-state index in [1.54, 1.807) is 32.4 Å². The number of nitrogens with zero attached hydrogens (tertiary/aromatic N) is 1. The first-order valence-corrected chi connectivity index (χ1v) is 9.81. The van der Waals surface area contributed by atoms with E-state index in [9.17, 15) is 14.4 Å². The molecular weight excluding hydrogens is 396 g/mol. The van der Waals surface area contributed by atoms with Crippen LogP contribution in [0.15, 0.2) is 67.3 Å².